The summed E-state index contributed by atoms with van der Waals surface area (Å²) < 4.78 is 7.48. The van der Waals surface area contributed by atoms with Crippen LogP contribution in [0.15, 0.2) is 72.1 Å². The Balaban J connectivity index is 1.64. The fourth-order valence-electron chi connectivity index (χ4n) is 3.40. The molecule has 2 aromatic heterocycles. The predicted octanol–water partition coefficient (Wildman–Crippen LogP) is 4.69. The van der Waals surface area contributed by atoms with Crippen LogP contribution in [0.5, 0.6) is 5.75 Å². The summed E-state index contributed by atoms with van der Waals surface area (Å²) in [5, 5.41) is 12.4. The fraction of sp³-hybridized carbons (Fsp3) is 0.167. The molecule has 0 aliphatic rings. The Kier molecular flexibility index (Phi) is 6.51. The molecule has 8 heteroatoms. The van der Waals surface area contributed by atoms with Crippen LogP contribution >= 0.6 is 11.8 Å². The molecule has 1 amide bonds. The first kappa shape index (κ1) is 21.6. The molecule has 0 fully saturated rings. The molecule has 0 aliphatic heterocycles. The molecule has 2 aromatic carbocycles. The molecule has 4 rings (SSSR count). The number of rotatable bonds is 7. The average Bonchev–Trinajstić information content (AvgIpc) is 3.24. The third kappa shape index (κ3) is 4.50. The lowest BCUT2D eigenvalue weighted by Crippen LogP contribution is -2.16. The molecule has 0 saturated carbocycles. The molecule has 1 N–H and O–H groups in total. The summed E-state index contributed by atoms with van der Waals surface area (Å²) in [5.74, 6) is 1.42. The summed E-state index contributed by atoms with van der Waals surface area (Å²) >= 11 is 1.32. The minimum Gasteiger partial charge on any atom is -0.495 e. The minimum atomic E-state index is -0.104. The number of carbonyl (C=O) groups is 1. The molecular formula is C24H23N5O2S. The maximum atomic E-state index is 12.7. The maximum absolute atomic E-state index is 12.7. The van der Waals surface area contributed by atoms with E-state index in [-0.39, 0.29) is 11.7 Å². The highest BCUT2D eigenvalue weighted by atomic mass is 32.2. The molecule has 7 nitrogen and oxygen atoms in total. The van der Waals surface area contributed by atoms with Gasteiger partial charge in [0.1, 0.15) is 5.75 Å². The topological polar surface area (TPSA) is 81.9 Å². The van der Waals surface area contributed by atoms with Crippen LogP contribution < -0.4 is 10.1 Å². The van der Waals surface area contributed by atoms with Crippen molar-refractivity contribution < 1.29 is 9.53 Å². The molecule has 0 atom stereocenters. The smallest absolute Gasteiger partial charge is 0.234 e. The third-order valence-electron chi connectivity index (χ3n) is 4.98. The molecule has 0 aliphatic carbocycles. The third-order valence-corrected chi connectivity index (χ3v) is 5.90. The van der Waals surface area contributed by atoms with Crippen molar-refractivity contribution in [3.8, 4) is 22.8 Å². The van der Waals surface area contributed by atoms with Gasteiger partial charge in [0.15, 0.2) is 11.0 Å². The number of methoxy groups -OCH3 is 1. The summed E-state index contributed by atoms with van der Waals surface area (Å²) in [5.41, 5.74) is 4.57. The van der Waals surface area contributed by atoms with Gasteiger partial charge in [-0.2, -0.15) is 0 Å². The number of para-hydroxylation sites is 3. The van der Waals surface area contributed by atoms with Crippen LogP contribution in [-0.2, 0) is 4.79 Å². The van der Waals surface area contributed by atoms with Crippen molar-refractivity contribution >= 4 is 23.4 Å². The first-order chi connectivity index (χ1) is 15.6. The normalized spacial score (nSPS) is 10.7. The average molecular weight is 446 g/mol. The SMILES string of the molecule is COc1ccccc1-n1c(SCC(=O)Nc2c(C)cccc2C)nnc1-c1ccncc1. The zero-order valence-corrected chi connectivity index (χ0v) is 18.9. The Bertz CT molecular complexity index is 1220. The highest BCUT2D eigenvalue weighted by Gasteiger charge is 2.20. The number of thioether (sulfide) groups is 1. The van der Waals surface area contributed by atoms with Gasteiger partial charge in [0.2, 0.25) is 5.91 Å². The number of ether oxygens (including phenoxy) is 1. The Morgan fingerprint density at radius 3 is 2.44 bits per heavy atom. The molecule has 32 heavy (non-hydrogen) atoms. The fourth-order valence-corrected chi connectivity index (χ4v) is 4.15. The molecule has 0 spiro atoms. The summed E-state index contributed by atoms with van der Waals surface area (Å²) in [4.78, 5) is 16.8. The second-order valence-electron chi connectivity index (χ2n) is 7.15. The highest BCUT2D eigenvalue weighted by Crippen LogP contribution is 2.32. The van der Waals surface area contributed by atoms with Crippen LogP contribution in [0.4, 0.5) is 5.69 Å². The highest BCUT2D eigenvalue weighted by molar-refractivity contribution is 7.99. The minimum absolute atomic E-state index is 0.104. The van der Waals surface area contributed by atoms with Gasteiger partial charge in [-0.05, 0) is 49.2 Å². The van der Waals surface area contributed by atoms with Gasteiger partial charge in [-0.1, -0.05) is 42.1 Å². The number of hydrogen-bond acceptors (Lipinski definition) is 6. The lowest BCUT2D eigenvalue weighted by Gasteiger charge is -2.14. The number of nitrogens with one attached hydrogen (secondary N) is 1. The standard InChI is InChI=1S/C24H23N5O2S/c1-16-7-6-8-17(2)22(16)26-21(30)15-32-24-28-27-23(18-11-13-25-14-12-18)29(24)19-9-4-5-10-20(19)31-3/h4-14H,15H2,1-3H3,(H,26,30). The van der Waals surface area contributed by atoms with E-state index in [0.29, 0.717) is 16.7 Å². The molecule has 0 saturated heterocycles. The number of benzene rings is 2. The van der Waals surface area contributed by atoms with Crippen LogP contribution in [0.25, 0.3) is 17.1 Å². The number of amides is 1. The molecule has 4 aromatic rings. The first-order valence-electron chi connectivity index (χ1n) is 10.1. The quantitative estimate of drug-likeness (QED) is 0.416. The van der Waals surface area contributed by atoms with Crippen molar-refractivity contribution in [2.24, 2.45) is 0 Å². The van der Waals surface area contributed by atoms with Crippen molar-refractivity contribution in [3.05, 3.63) is 78.1 Å². The molecule has 162 valence electrons. The van der Waals surface area contributed by atoms with Gasteiger partial charge in [-0.3, -0.25) is 14.3 Å². The number of carbonyl (C=O) groups excluding carboxylic acids is 1. The molecule has 0 bridgehead atoms. The zero-order valence-electron chi connectivity index (χ0n) is 18.1. The number of nitrogens with zero attached hydrogens (tertiary/aromatic N) is 4. The van der Waals surface area contributed by atoms with Gasteiger partial charge in [-0.15, -0.1) is 10.2 Å². The number of pyridine rings is 1. The molecule has 0 unspecified atom stereocenters. The maximum Gasteiger partial charge on any atom is 0.234 e. The van der Waals surface area contributed by atoms with Crippen LogP contribution in [0, 0.1) is 13.8 Å². The number of aromatic nitrogens is 4. The Morgan fingerprint density at radius 2 is 1.72 bits per heavy atom. The van der Waals surface area contributed by atoms with Gasteiger partial charge in [0.25, 0.3) is 0 Å². The van der Waals surface area contributed by atoms with Crippen molar-refractivity contribution in [1.82, 2.24) is 19.7 Å². The first-order valence-corrected chi connectivity index (χ1v) is 11.0. The van der Waals surface area contributed by atoms with E-state index in [0.717, 1.165) is 28.1 Å². The second kappa shape index (κ2) is 9.65. The number of hydrogen-bond donors (Lipinski definition) is 1. The van der Waals surface area contributed by atoms with E-state index in [1.165, 1.54) is 11.8 Å². The lowest BCUT2D eigenvalue weighted by atomic mass is 10.1. The van der Waals surface area contributed by atoms with E-state index in [4.69, 9.17) is 4.74 Å². The predicted molar refractivity (Wildman–Crippen MR) is 126 cm³/mol. The monoisotopic (exact) mass is 445 g/mol. The van der Waals surface area contributed by atoms with E-state index >= 15 is 0 Å². The van der Waals surface area contributed by atoms with Crippen LogP contribution in [0.3, 0.4) is 0 Å². The van der Waals surface area contributed by atoms with Gasteiger partial charge < -0.3 is 10.1 Å². The van der Waals surface area contributed by atoms with Gasteiger partial charge in [0, 0.05) is 23.6 Å². The van der Waals surface area contributed by atoms with Crippen molar-refractivity contribution in [2.45, 2.75) is 19.0 Å². The number of anilines is 1. The van der Waals surface area contributed by atoms with E-state index in [1.54, 1.807) is 19.5 Å². The Hall–Kier alpha value is -3.65. The summed E-state index contributed by atoms with van der Waals surface area (Å²) in [6, 6.07) is 17.3. The molecule has 0 radical (unpaired) electrons. The van der Waals surface area contributed by atoms with Crippen molar-refractivity contribution in [2.75, 3.05) is 18.2 Å². The van der Waals surface area contributed by atoms with E-state index in [2.05, 4.69) is 20.5 Å². The van der Waals surface area contributed by atoms with Crippen LogP contribution in [-0.4, -0.2) is 38.5 Å². The van der Waals surface area contributed by atoms with Crippen LogP contribution in [0.1, 0.15) is 11.1 Å². The zero-order chi connectivity index (χ0) is 22.5. The van der Waals surface area contributed by atoms with Gasteiger partial charge in [0.05, 0.1) is 18.6 Å². The van der Waals surface area contributed by atoms with Gasteiger partial charge >= 0.3 is 0 Å². The van der Waals surface area contributed by atoms with Crippen molar-refractivity contribution in [3.63, 3.8) is 0 Å². The lowest BCUT2D eigenvalue weighted by molar-refractivity contribution is -0.113. The number of aryl methyl sites for hydroxylation is 2. The van der Waals surface area contributed by atoms with E-state index in [9.17, 15) is 4.79 Å². The summed E-state index contributed by atoms with van der Waals surface area (Å²) in [6.07, 6.45) is 3.42. The second-order valence-corrected chi connectivity index (χ2v) is 8.10. The van der Waals surface area contributed by atoms with Gasteiger partial charge in [-0.25, -0.2) is 0 Å². The van der Waals surface area contributed by atoms with E-state index in [1.807, 2.05) is 73.0 Å². The van der Waals surface area contributed by atoms with Crippen molar-refractivity contribution in [1.29, 1.82) is 0 Å². The summed E-state index contributed by atoms with van der Waals surface area (Å²) in [7, 11) is 1.63. The molecular weight excluding hydrogens is 422 g/mol. The Labute approximate surface area is 190 Å². The summed E-state index contributed by atoms with van der Waals surface area (Å²) in [6.45, 7) is 3.96. The largest absolute Gasteiger partial charge is 0.495 e. The molecule has 2 heterocycles. The Morgan fingerprint density at radius 1 is 1.00 bits per heavy atom. The van der Waals surface area contributed by atoms with E-state index < -0.39 is 0 Å². The van der Waals surface area contributed by atoms with Crippen LogP contribution in [0.2, 0.25) is 0 Å².